The lowest BCUT2D eigenvalue weighted by molar-refractivity contribution is -0.141. The Kier molecular flexibility index (Phi) is 18.3. The molecule has 0 fully saturated rings. The van der Waals surface area contributed by atoms with E-state index in [0.29, 0.717) is 33.4 Å². The predicted octanol–water partition coefficient (Wildman–Crippen LogP) is 5.19. The van der Waals surface area contributed by atoms with Crippen molar-refractivity contribution in [2.24, 2.45) is 0 Å². The number of nitrogens with one attached hydrogen (secondary N) is 2. The summed E-state index contributed by atoms with van der Waals surface area (Å²) >= 11 is 0. The van der Waals surface area contributed by atoms with Gasteiger partial charge in [-0.3, -0.25) is 14.4 Å². The molecule has 0 heterocycles. The number of carbonyl (C=O) groups excluding carboxylic acids is 7. The lowest BCUT2D eigenvalue weighted by Gasteiger charge is -2.20. The third-order valence-corrected chi connectivity index (χ3v) is 8.88. The van der Waals surface area contributed by atoms with Crippen LogP contribution in [0.5, 0.6) is 0 Å². The molecule has 0 radical (unpaired) electrons. The van der Waals surface area contributed by atoms with Gasteiger partial charge in [0.1, 0.15) is 18.7 Å². The van der Waals surface area contributed by atoms with Crippen molar-refractivity contribution in [2.45, 2.75) is 59.7 Å². The first-order chi connectivity index (χ1) is 28.9. The average molecular weight is 841 g/mol. The van der Waals surface area contributed by atoms with Crippen molar-refractivity contribution >= 4 is 47.6 Å². The number of amides is 2. The number of esters is 4. The second-order valence-corrected chi connectivity index (χ2v) is 13.7. The zero-order valence-electron chi connectivity index (χ0n) is 34.8. The number of carboxylic acid groups (broad SMARTS) is 1. The number of carbonyl (C=O) groups is 8. The van der Waals surface area contributed by atoms with E-state index < -0.39 is 72.9 Å². The van der Waals surface area contributed by atoms with Crippen LogP contribution in [0.25, 0.3) is 0 Å². The van der Waals surface area contributed by atoms with Crippen molar-refractivity contribution in [1.82, 2.24) is 10.6 Å². The van der Waals surface area contributed by atoms with Crippen LogP contribution in [-0.2, 0) is 51.1 Å². The van der Waals surface area contributed by atoms with E-state index in [9.17, 15) is 38.4 Å². The van der Waals surface area contributed by atoms with Crippen molar-refractivity contribution in [3.63, 3.8) is 0 Å². The highest BCUT2D eigenvalue weighted by Crippen LogP contribution is 2.20. The fraction of sp³-hybridized carbons (Fsp3) is 0.289. The van der Waals surface area contributed by atoms with Crippen LogP contribution < -0.4 is 10.6 Å². The van der Waals surface area contributed by atoms with Crippen molar-refractivity contribution < 1.29 is 67.1 Å². The minimum absolute atomic E-state index is 0.0673. The van der Waals surface area contributed by atoms with E-state index in [2.05, 4.69) is 20.1 Å². The molecule has 0 saturated carbocycles. The van der Waals surface area contributed by atoms with Gasteiger partial charge in [-0.1, -0.05) is 60.7 Å². The highest BCUT2D eigenvalue weighted by Gasteiger charge is 2.26. The first-order valence-electron chi connectivity index (χ1n) is 18.7. The van der Waals surface area contributed by atoms with Crippen molar-refractivity contribution in [3.05, 3.63) is 141 Å². The number of rotatable bonds is 16. The number of ether oxygens (including phenoxy) is 5. The van der Waals surface area contributed by atoms with Gasteiger partial charge in [0.2, 0.25) is 11.7 Å². The molecule has 0 saturated heterocycles. The number of benzene rings is 4. The Hall–Kier alpha value is -7.36. The van der Waals surface area contributed by atoms with Gasteiger partial charge in [-0.2, -0.15) is 0 Å². The number of methoxy groups -OCH3 is 2. The minimum atomic E-state index is -1.16. The molecule has 2 atom stereocenters. The SMILES string of the molecule is COC(=O)c1cc(C)c(C(=O)OCC(=O)COC(=O)c2c(C)cc(C(=O)OC)cc2C)c(C)c1.C[C@H](NC(=O)[C@H](Cc1ccccc1)NC(=O)OCc1ccccc1)C(=O)O. The maximum absolute atomic E-state index is 12.5. The van der Waals surface area contributed by atoms with Gasteiger partial charge in [0.05, 0.1) is 36.5 Å². The van der Waals surface area contributed by atoms with Crippen LogP contribution in [0.3, 0.4) is 0 Å². The van der Waals surface area contributed by atoms with Gasteiger partial charge in [-0.05, 0) is 92.3 Å². The summed E-state index contributed by atoms with van der Waals surface area (Å²) in [6.45, 7) is 6.77. The van der Waals surface area contributed by atoms with Crippen LogP contribution in [0.4, 0.5) is 4.79 Å². The van der Waals surface area contributed by atoms with E-state index in [4.69, 9.17) is 19.3 Å². The zero-order chi connectivity index (χ0) is 45.2. The quantitative estimate of drug-likeness (QED) is 0.0975. The molecule has 0 aliphatic heterocycles. The molecule has 61 heavy (non-hydrogen) atoms. The molecular weight excluding hydrogens is 792 g/mol. The average Bonchev–Trinajstić information content (AvgIpc) is 3.23. The minimum Gasteiger partial charge on any atom is -0.480 e. The molecule has 0 aliphatic carbocycles. The van der Waals surface area contributed by atoms with Crippen LogP contribution in [0.15, 0.2) is 84.9 Å². The van der Waals surface area contributed by atoms with Gasteiger partial charge < -0.3 is 39.4 Å². The number of alkyl carbamates (subject to hydrolysis) is 1. The first-order valence-corrected chi connectivity index (χ1v) is 18.7. The lowest BCUT2D eigenvalue weighted by Crippen LogP contribution is -2.51. The van der Waals surface area contributed by atoms with Crippen LogP contribution >= 0.6 is 0 Å². The highest BCUT2D eigenvalue weighted by atomic mass is 16.6. The monoisotopic (exact) mass is 840 g/mol. The summed E-state index contributed by atoms with van der Waals surface area (Å²) in [5.41, 5.74) is 4.65. The van der Waals surface area contributed by atoms with Gasteiger partial charge in [0, 0.05) is 6.42 Å². The van der Waals surface area contributed by atoms with Gasteiger partial charge >= 0.3 is 35.9 Å². The van der Waals surface area contributed by atoms with Crippen LogP contribution in [0, 0.1) is 27.7 Å². The second kappa shape index (κ2) is 23.3. The van der Waals surface area contributed by atoms with Crippen LogP contribution in [0.2, 0.25) is 0 Å². The number of Topliss-reactive ketones (excluding diaryl/α,β-unsaturated/α-hetero) is 1. The molecule has 16 heteroatoms. The molecule has 0 aromatic heterocycles. The van der Waals surface area contributed by atoms with E-state index >= 15 is 0 Å². The number of aryl methyl sites for hydroxylation is 4. The molecule has 0 spiro atoms. The summed E-state index contributed by atoms with van der Waals surface area (Å²) in [5.74, 6) is -4.92. The molecule has 0 bridgehead atoms. The molecule has 4 rings (SSSR count). The molecule has 0 aliphatic rings. The van der Waals surface area contributed by atoms with Crippen molar-refractivity contribution in [2.75, 3.05) is 27.4 Å². The second-order valence-electron chi connectivity index (χ2n) is 13.7. The molecule has 4 aromatic carbocycles. The topological polar surface area (TPSA) is 227 Å². The fourth-order valence-electron chi connectivity index (χ4n) is 5.86. The summed E-state index contributed by atoms with van der Waals surface area (Å²) < 4.78 is 24.7. The van der Waals surface area contributed by atoms with Crippen LogP contribution in [0.1, 0.15) is 81.7 Å². The van der Waals surface area contributed by atoms with Gasteiger partial charge in [-0.25, -0.2) is 24.0 Å². The van der Waals surface area contributed by atoms with Gasteiger partial charge in [-0.15, -0.1) is 0 Å². The Labute approximate surface area is 352 Å². The van der Waals surface area contributed by atoms with E-state index in [0.717, 1.165) is 11.1 Å². The third kappa shape index (κ3) is 14.8. The number of carboxylic acids is 1. The normalized spacial score (nSPS) is 11.3. The Morgan fingerprint density at radius 2 is 0.984 bits per heavy atom. The smallest absolute Gasteiger partial charge is 0.408 e. The molecule has 4 aromatic rings. The Balaban J connectivity index is 0.000000334. The lowest BCUT2D eigenvalue weighted by atomic mass is 9.99. The largest absolute Gasteiger partial charge is 0.480 e. The molecule has 322 valence electrons. The summed E-state index contributed by atoms with van der Waals surface area (Å²) in [6.07, 6.45) is -0.544. The van der Waals surface area contributed by atoms with E-state index in [-0.39, 0.29) is 24.2 Å². The summed E-state index contributed by atoms with van der Waals surface area (Å²) in [6, 6.07) is 22.2. The fourth-order valence-corrected chi connectivity index (χ4v) is 5.86. The molecule has 16 nitrogen and oxygen atoms in total. The highest BCUT2D eigenvalue weighted by molar-refractivity contribution is 5.99. The number of hydrogen-bond donors (Lipinski definition) is 3. The Morgan fingerprint density at radius 1 is 0.574 bits per heavy atom. The zero-order valence-corrected chi connectivity index (χ0v) is 34.8. The Morgan fingerprint density at radius 3 is 1.38 bits per heavy atom. The number of ketones is 1. The van der Waals surface area contributed by atoms with E-state index in [1.807, 2.05) is 60.7 Å². The molecule has 2 amide bonds. The van der Waals surface area contributed by atoms with Gasteiger partial charge in [0.15, 0.2) is 13.2 Å². The first kappa shape index (κ1) is 48.0. The Bertz CT molecular complexity index is 2100. The van der Waals surface area contributed by atoms with Crippen LogP contribution in [-0.4, -0.2) is 92.3 Å². The maximum Gasteiger partial charge on any atom is 0.408 e. The van der Waals surface area contributed by atoms with Gasteiger partial charge in [0.25, 0.3) is 0 Å². The maximum atomic E-state index is 12.5. The van der Waals surface area contributed by atoms with Crippen molar-refractivity contribution in [1.29, 1.82) is 0 Å². The summed E-state index contributed by atoms with van der Waals surface area (Å²) in [4.78, 5) is 96.0. The molecule has 3 N–H and O–H groups in total. The van der Waals surface area contributed by atoms with Crippen molar-refractivity contribution in [3.8, 4) is 0 Å². The standard InChI is InChI=1S/C25H26O9.C20H22N2O5/c1-13-7-17(22(27)31-5)8-14(2)20(13)24(29)33-11-19(26)12-34-25(30)21-15(3)9-18(10-16(21)4)23(28)32-6;1-14(19(24)25)21-18(23)17(12-15-8-4-2-5-9-15)22-20(26)27-13-16-10-6-3-7-11-16/h7-10H,11-12H2,1-6H3;2-11,14,17H,12-13H2,1H3,(H,21,23)(H,22,26)(H,24,25)/t;14-,17-/m.0/s1. The number of aliphatic carboxylic acids is 1. The number of hydrogen-bond acceptors (Lipinski definition) is 13. The third-order valence-electron chi connectivity index (χ3n) is 8.88. The van der Waals surface area contributed by atoms with E-state index in [1.54, 1.807) is 27.7 Å². The molecular formula is C45H48N2O14. The molecule has 0 unspecified atom stereocenters. The summed E-state index contributed by atoms with van der Waals surface area (Å²) in [7, 11) is 2.52. The predicted molar refractivity (Wildman–Crippen MR) is 219 cm³/mol. The summed E-state index contributed by atoms with van der Waals surface area (Å²) in [5, 5.41) is 13.9. The van der Waals surface area contributed by atoms with E-state index in [1.165, 1.54) is 45.4 Å².